The topological polar surface area (TPSA) is 232 Å². The first kappa shape index (κ1) is 49.5. The standard InChI is InChI=1S/2C24H30N4O5/c1-15-8-11-19-18(13-15)27-22(33-19)26-17-10-9-16(14-20(17)32-5)25-21(29)7-6-12-28(23(30)31)24(2,3)4;1-15-8-11-19-18(13-15)28-22(32-19)27-17-10-9-16(14-20(17)31-5)26-21(29)7-6-12-25-23(30)33-24(2,3)4/h8-11,13-14H,6-7,12H2,1-5H3,(H,25,29)(H,26,27)(H,30,31);8-11,13-14H,6-7,12H2,1-5H3,(H,25,30)(H,26,29)(H,27,28). The van der Waals surface area contributed by atoms with Crippen LogP contribution in [0, 0.1) is 13.8 Å². The normalized spacial score (nSPS) is 11.2. The molecule has 0 aliphatic heterocycles. The van der Waals surface area contributed by atoms with E-state index in [4.69, 9.17) is 23.0 Å². The predicted octanol–water partition coefficient (Wildman–Crippen LogP) is 10.5. The number of benzene rings is 4. The zero-order chi connectivity index (χ0) is 48.2. The highest BCUT2D eigenvalue weighted by Gasteiger charge is 2.26. The molecule has 6 rings (SSSR count). The number of anilines is 6. The lowest BCUT2D eigenvalue weighted by Gasteiger charge is -2.33. The smallest absolute Gasteiger partial charge is 0.407 e. The summed E-state index contributed by atoms with van der Waals surface area (Å²) in [7, 11) is 3.08. The molecule has 4 aromatic carbocycles. The van der Waals surface area contributed by atoms with Crippen molar-refractivity contribution >= 4 is 81.0 Å². The molecule has 0 bridgehead atoms. The fourth-order valence-electron chi connectivity index (χ4n) is 6.47. The second-order valence-electron chi connectivity index (χ2n) is 17.4. The van der Waals surface area contributed by atoms with Crippen LogP contribution in [0.2, 0.25) is 0 Å². The molecule has 18 nitrogen and oxygen atoms in total. The molecule has 0 fully saturated rings. The Morgan fingerprint density at radius 3 is 1.56 bits per heavy atom. The molecule has 0 aliphatic rings. The van der Waals surface area contributed by atoms with E-state index < -0.39 is 23.3 Å². The fourth-order valence-corrected chi connectivity index (χ4v) is 6.47. The molecular formula is C48H60N8O10. The summed E-state index contributed by atoms with van der Waals surface area (Å²) in [6.45, 7) is 15.5. The van der Waals surface area contributed by atoms with Crippen LogP contribution in [0.25, 0.3) is 22.2 Å². The van der Waals surface area contributed by atoms with Crippen molar-refractivity contribution in [3.05, 3.63) is 83.9 Å². The summed E-state index contributed by atoms with van der Waals surface area (Å²) in [6, 6.07) is 22.7. The Balaban J connectivity index is 0.000000247. The van der Waals surface area contributed by atoms with Crippen LogP contribution in [0.1, 0.15) is 78.4 Å². The number of alkyl carbamates (subject to hydrolysis) is 1. The van der Waals surface area contributed by atoms with Gasteiger partial charge < -0.3 is 59.6 Å². The van der Waals surface area contributed by atoms with Gasteiger partial charge in [-0.15, -0.1) is 0 Å². The number of nitrogens with zero attached hydrogens (tertiary/aromatic N) is 3. The van der Waals surface area contributed by atoms with E-state index in [1.54, 1.807) is 64.3 Å². The molecule has 0 saturated heterocycles. The highest BCUT2D eigenvalue weighted by atomic mass is 16.6. The first-order chi connectivity index (χ1) is 31.2. The van der Waals surface area contributed by atoms with E-state index in [-0.39, 0.29) is 31.2 Å². The maximum absolute atomic E-state index is 12.4. The number of nitrogens with one attached hydrogen (secondary N) is 5. The molecule has 352 valence electrons. The molecule has 6 aromatic rings. The Morgan fingerprint density at radius 2 is 1.14 bits per heavy atom. The Kier molecular flexibility index (Phi) is 16.4. The van der Waals surface area contributed by atoms with E-state index in [9.17, 15) is 24.3 Å². The second kappa shape index (κ2) is 21.9. The number of fused-ring (bicyclic) bond motifs is 2. The molecule has 0 atom stereocenters. The molecule has 0 spiro atoms. The van der Waals surface area contributed by atoms with Crippen LogP contribution in [0.3, 0.4) is 0 Å². The van der Waals surface area contributed by atoms with Crippen LogP contribution in [0.4, 0.5) is 44.4 Å². The molecule has 4 amide bonds. The number of hydrogen-bond acceptors (Lipinski definition) is 13. The number of oxazole rings is 2. The number of methoxy groups -OCH3 is 2. The number of aryl methyl sites for hydroxylation is 2. The molecule has 66 heavy (non-hydrogen) atoms. The van der Waals surface area contributed by atoms with Crippen LogP contribution in [-0.4, -0.2) is 82.4 Å². The average molecular weight is 909 g/mol. The number of ether oxygens (including phenoxy) is 3. The Morgan fingerprint density at radius 1 is 0.667 bits per heavy atom. The van der Waals surface area contributed by atoms with Gasteiger partial charge in [0, 0.05) is 55.0 Å². The van der Waals surface area contributed by atoms with Gasteiger partial charge in [-0.3, -0.25) is 9.59 Å². The van der Waals surface area contributed by atoms with Crippen LogP contribution in [0.5, 0.6) is 11.5 Å². The first-order valence-corrected chi connectivity index (χ1v) is 21.4. The quantitative estimate of drug-likeness (QED) is 0.0496. The number of hydrogen-bond donors (Lipinski definition) is 6. The van der Waals surface area contributed by atoms with Crippen LogP contribution >= 0.6 is 0 Å². The van der Waals surface area contributed by atoms with Crippen molar-refractivity contribution in [1.29, 1.82) is 0 Å². The van der Waals surface area contributed by atoms with E-state index in [0.717, 1.165) is 22.2 Å². The Hall–Kier alpha value is -7.50. The fraction of sp³-hybridized carbons (Fsp3) is 0.375. The monoisotopic (exact) mass is 908 g/mol. The van der Waals surface area contributed by atoms with Crippen molar-refractivity contribution in [2.75, 3.05) is 48.6 Å². The number of amides is 4. The van der Waals surface area contributed by atoms with Crippen molar-refractivity contribution in [2.45, 2.75) is 92.2 Å². The van der Waals surface area contributed by atoms with Gasteiger partial charge in [0.1, 0.15) is 28.1 Å². The van der Waals surface area contributed by atoms with Gasteiger partial charge in [-0.25, -0.2) is 9.59 Å². The van der Waals surface area contributed by atoms with Gasteiger partial charge in [0.2, 0.25) is 11.8 Å². The predicted molar refractivity (Wildman–Crippen MR) is 254 cm³/mol. The van der Waals surface area contributed by atoms with Gasteiger partial charge in [-0.05, 0) is 128 Å². The summed E-state index contributed by atoms with van der Waals surface area (Å²) in [5, 5.41) is 23.9. The van der Waals surface area contributed by atoms with E-state index in [2.05, 4.69) is 36.6 Å². The minimum atomic E-state index is -0.996. The van der Waals surface area contributed by atoms with E-state index in [0.29, 0.717) is 76.8 Å². The number of rotatable bonds is 16. The molecule has 0 saturated carbocycles. The number of carboxylic acid groups (broad SMARTS) is 1. The van der Waals surface area contributed by atoms with Gasteiger partial charge in [0.15, 0.2) is 11.2 Å². The van der Waals surface area contributed by atoms with Gasteiger partial charge in [-0.1, -0.05) is 12.1 Å². The third kappa shape index (κ3) is 14.8. The second-order valence-corrected chi connectivity index (χ2v) is 17.4. The molecular weight excluding hydrogens is 849 g/mol. The largest absolute Gasteiger partial charge is 0.494 e. The number of carbonyl (C=O) groups is 4. The lowest BCUT2D eigenvalue weighted by molar-refractivity contribution is -0.117. The van der Waals surface area contributed by atoms with Gasteiger partial charge >= 0.3 is 12.2 Å². The average Bonchev–Trinajstić information content (AvgIpc) is 3.83. The lowest BCUT2D eigenvalue weighted by atomic mass is 10.1. The van der Waals surface area contributed by atoms with E-state index >= 15 is 0 Å². The summed E-state index contributed by atoms with van der Waals surface area (Å²) in [6.07, 6.45) is -0.137. The summed E-state index contributed by atoms with van der Waals surface area (Å²) in [5.41, 5.74) is 6.46. The van der Waals surface area contributed by atoms with Gasteiger partial charge in [0.25, 0.3) is 12.0 Å². The summed E-state index contributed by atoms with van der Waals surface area (Å²) in [5.74, 6) is 0.665. The number of carbonyl (C=O) groups excluding carboxylic acids is 3. The molecule has 2 aromatic heterocycles. The zero-order valence-corrected chi connectivity index (χ0v) is 39.1. The molecule has 0 aliphatic carbocycles. The molecule has 0 radical (unpaired) electrons. The SMILES string of the molecule is COc1cc(NC(=O)CCCN(C(=O)O)C(C)(C)C)ccc1Nc1nc2cc(C)ccc2o1.COc1cc(NC(=O)CCCNC(=O)OC(C)(C)C)ccc1Nc1nc2cc(C)ccc2o1. The minimum absolute atomic E-state index is 0.168. The third-order valence-electron chi connectivity index (χ3n) is 9.61. The van der Waals surface area contributed by atoms with Gasteiger partial charge in [-0.2, -0.15) is 9.97 Å². The van der Waals surface area contributed by atoms with E-state index in [1.807, 2.05) is 71.0 Å². The molecule has 6 N–H and O–H groups in total. The van der Waals surface area contributed by atoms with Crippen molar-refractivity contribution in [2.24, 2.45) is 0 Å². The van der Waals surface area contributed by atoms with Crippen LogP contribution in [-0.2, 0) is 14.3 Å². The third-order valence-corrected chi connectivity index (χ3v) is 9.61. The molecule has 18 heteroatoms. The Labute approximate surface area is 383 Å². The maximum atomic E-state index is 12.4. The Bertz CT molecular complexity index is 2640. The molecule has 0 unspecified atom stereocenters. The summed E-state index contributed by atoms with van der Waals surface area (Å²) >= 11 is 0. The zero-order valence-electron chi connectivity index (χ0n) is 39.1. The van der Waals surface area contributed by atoms with Crippen molar-refractivity contribution in [1.82, 2.24) is 20.2 Å². The van der Waals surface area contributed by atoms with Gasteiger partial charge in [0.05, 0.1) is 25.6 Å². The lowest BCUT2D eigenvalue weighted by Crippen LogP contribution is -2.45. The number of aromatic nitrogens is 2. The first-order valence-electron chi connectivity index (χ1n) is 21.4. The van der Waals surface area contributed by atoms with Crippen molar-refractivity contribution in [3.63, 3.8) is 0 Å². The highest BCUT2D eigenvalue weighted by molar-refractivity contribution is 5.92. The summed E-state index contributed by atoms with van der Waals surface area (Å²) in [4.78, 5) is 57.9. The summed E-state index contributed by atoms with van der Waals surface area (Å²) < 4.78 is 27.5. The van der Waals surface area contributed by atoms with Crippen LogP contribution in [0.15, 0.2) is 81.6 Å². The van der Waals surface area contributed by atoms with E-state index in [1.165, 1.54) is 12.0 Å². The van der Waals surface area contributed by atoms with Crippen molar-refractivity contribution < 1.29 is 47.3 Å². The molecule has 2 heterocycles. The highest BCUT2D eigenvalue weighted by Crippen LogP contribution is 2.33. The van der Waals surface area contributed by atoms with Crippen molar-refractivity contribution in [3.8, 4) is 11.5 Å². The maximum Gasteiger partial charge on any atom is 0.407 e. The minimum Gasteiger partial charge on any atom is -0.494 e. The van der Waals surface area contributed by atoms with Crippen LogP contribution < -0.4 is 36.1 Å².